The van der Waals surface area contributed by atoms with Crippen LogP contribution in [0.4, 0.5) is 4.39 Å². The number of aryl methyl sites for hydroxylation is 1. The molecule has 0 radical (unpaired) electrons. The Labute approximate surface area is 113 Å². The molecule has 0 bridgehead atoms. The predicted molar refractivity (Wildman–Crippen MR) is 73.9 cm³/mol. The second-order valence-electron chi connectivity index (χ2n) is 5.28. The Hall–Kier alpha value is -1.26. The molecule has 2 rings (SSSR count). The van der Waals surface area contributed by atoms with Crippen LogP contribution in [0.2, 0.25) is 0 Å². The second-order valence-corrected chi connectivity index (χ2v) is 5.28. The van der Waals surface area contributed by atoms with Gasteiger partial charge >= 0.3 is 0 Å². The topological polar surface area (TPSA) is 32.3 Å². The number of carbonyl (C=O) groups is 1. The van der Waals surface area contributed by atoms with Crippen molar-refractivity contribution in [3.8, 4) is 0 Å². The summed E-state index contributed by atoms with van der Waals surface area (Å²) in [6.07, 6.45) is 0. The number of hydrogen-bond donors (Lipinski definition) is 1. The minimum Gasteiger partial charge on any atom is -0.314 e. The maximum atomic E-state index is 13.2. The van der Waals surface area contributed by atoms with E-state index in [0.29, 0.717) is 11.1 Å². The Morgan fingerprint density at radius 2 is 2.11 bits per heavy atom. The molecule has 1 aromatic carbocycles. The van der Waals surface area contributed by atoms with Gasteiger partial charge < -0.3 is 10.2 Å². The zero-order valence-electron chi connectivity index (χ0n) is 11.6. The molecule has 1 aliphatic heterocycles. The predicted octanol–water partition coefficient (Wildman–Crippen LogP) is 1.86. The molecular formula is C15H21FN2O. The monoisotopic (exact) mass is 264 g/mol. The SMILES string of the molecule is Cc1cc(C(=O)C(C)CN2CCNCC2)ccc1F. The highest BCUT2D eigenvalue weighted by molar-refractivity contribution is 5.97. The zero-order valence-corrected chi connectivity index (χ0v) is 11.6. The molecule has 1 saturated heterocycles. The maximum Gasteiger partial charge on any atom is 0.166 e. The van der Waals surface area contributed by atoms with E-state index in [-0.39, 0.29) is 17.5 Å². The van der Waals surface area contributed by atoms with Gasteiger partial charge in [-0.3, -0.25) is 4.79 Å². The van der Waals surface area contributed by atoms with Crippen molar-refractivity contribution in [1.29, 1.82) is 0 Å². The molecule has 1 atom stereocenters. The van der Waals surface area contributed by atoms with Crippen molar-refractivity contribution in [3.05, 3.63) is 35.1 Å². The second kappa shape index (κ2) is 6.26. The number of nitrogens with one attached hydrogen (secondary N) is 1. The highest BCUT2D eigenvalue weighted by Crippen LogP contribution is 2.14. The number of rotatable bonds is 4. The fraction of sp³-hybridized carbons (Fsp3) is 0.533. The Bertz CT molecular complexity index is 455. The van der Waals surface area contributed by atoms with Gasteiger partial charge in [-0.1, -0.05) is 6.92 Å². The molecule has 1 aromatic rings. The molecule has 0 spiro atoms. The standard InChI is InChI=1S/C15H21FN2O/c1-11-9-13(3-4-14(11)16)15(19)12(2)10-18-7-5-17-6-8-18/h3-4,9,12,17H,5-8,10H2,1-2H3. The molecule has 0 amide bonds. The molecule has 1 unspecified atom stereocenters. The number of piperazine rings is 1. The third-order valence-electron chi connectivity index (χ3n) is 3.63. The molecule has 1 fully saturated rings. The summed E-state index contributed by atoms with van der Waals surface area (Å²) in [5.41, 5.74) is 1.14. The van der Waals surface area contributed by atoms with Gasteiger partial charge in [-0.2, -0.15) is 0 Å². The third-order valence-corrected chi connectivity index (χ3v) is 3.63. The van der Waals surface area contributed by atoms with Crippen molar-refractivity contribution in [1.82, 2.24) is 10.2 Å². The molecule has 3 nitrogen and oxygen atoms in total. The van der Waals surface area contributed by atoms with Crippen molar-refractivity contribution in [2.75, 3.05) is 32.7 Å². The smallest absolute Gasteiger partial charge is 0.166 e. The summed E-state index contributed by atoms with van der Waals surface area (Å²) in [6.45, 7) is 8.35. The quantitative estimate of drug-likeness (QED) is 0.843. The van der Waals surface area contributed by atoms with Crippen LogP contribution in [0, 0.1) is 18.7 Å². The molecule has 4 heteroatoms. The van der Waals surface area contributed by atoms with Gasteiger partial charge in [0.1, 0.15) is 5.82 Å². The molecule has 0 saturated carbocycles. The Balaban J connectivity index is 1.99. The fourth-order valence-corrected chi connectivity index (χ4v) is 2.45. The normalized spacial score (nSPS) is 18.3. The first kappa shape index (κ1) is 14.2. The lowest BCUT2D eigenvalue weighted by Gasteiger charge is -2.29. The summed E-state index contributed by atoms with van der Waals surface area (Å²) in [5, 5.41) is 3.29. The van der Waals surface area contributed by atoms with E-state index in [1.807, 2.05) is 6.92 Å². The molecule has 19 heavy (non-hydrogen) atoms. The van der Waals surface area contributed by atoms with E-state index < -0.39 is 0 Å². The van der Waals surface area contributed by atoms with E-state index in [9.17, 15) is 9.18 Å². The number of ketones is 1. The van der Waals surface area contributed by atoms with E-state index in [0.717, 1.165) is 32.7 Å². The molecule has 1 heterocycles. The van der Waals surface area contributed by atoms with Crippen LogP contribution in [0.1, 0.15) is 22.8 Å². The molecule has 1 N–H and O–H groups in total. The first-order chi connectivity index (χ1) is 9.08. The molecule has 0 aromatic heterocycles. The Morgan fingerprint density at radius 1 is 1.42 bits per heavy atom. The van der Waals surface area contributed by atoms with E-state index in [1.54, 1.807) is 19.1 Å². The minimum absolute atomic E-state index is 0.0528. The number of benzene rings is 1. The Morgan fingerprint density at radius 3 is 2.74 bits per heavy atom. The van der Waals surface area contributed by atoms with Crippen molar-refractivity contribution in [2.24, 2.45) is 5.92 Å². The maximum absolute atomic E-state index is 13.2. The summed E-state index contributed by atoms with van der Waals surface area (Å²) < 4.78 is 13.2. The number of Topliss-reactive ketones (excluding diaryl/α,β-unsaturated/α-hetero) is 1. The van der Waals surface area contributed by atoms with Gasteiger partial charge in [0.15, 0.2) is 5.78 Å². The van der Waals surface area contributed by atoms with Crippen molar-refractivity contribution in [2.45, 2.75) is 13.8 Å². The van der Waals surface area contributed by atoms with Gasteiger partial charge in [-0.15, -0.1) is 0 Å². The first-order valence-electron chi connectivity index (χ1n) is 6.81. The lowest BCUT2D eigenvalue weighted by molar-refractivity contribution is 0.0887. The molecule has 1 aliphatic rings. The van der Waals surface area contributed by atoms with Crippen LogP contribution >= 0.6 is 0 Å². The zero-order chi connectivity index (χ0) is 13.8. The summed E-state index contributed by atoms with van der Waals surface area (Å²) in [4.78, 5) is 14.6. The molecular weight excluding hydrogens is 243 g/mol. The van der Waals surface area contributed by atoms with E-state index in [4.69, 9.17) is 0 Å². The van der Waals surface area contributed by atoms with Crippen LogP contribution in [0.25, 0.3) is 0 Å². The van der Waals surface area contributed by atoms with Crippen LogP contribution in [0.5, 0.6) is 0 Å². The fourth-order valence-electron chi connectivity index (χ4n) is 2.45. The van der Waals surface area contributed by atoms with Crippen molar-refractivity contribution < 1.29 is 9.18 Å². The van der Waals surface area contributed by atoms with Gasteiger partial charge in [0.05, 0.1) is 0 Å². The lowest BCUT2D eigenvalue weighted by atomic mass is 9.97. The number of carbonyl (C=O) groups excluding carboxylic acids is 1. The van der Waals surface area contributed by atoms with Crippen LogP contribution in [-0.4, -0.2) is 43.4 Å². The first-order valence-corrected chi connectivity index (χ1v) is 6.81. The molecule has 0 aliphatic carbocycles. The van der Waals surface area contributed by atoms with Crippen LogP contribution < -0.4 is 5.32 Å². The molecule has 104 valence electrons. The van der Waals surface area contributed by atoms with E-state index in [1.165, 1.54) is 6.07 Å². The highest BCUT2D eigenvalue weighted by Gasteiger charge is 2.20. The van der Waals surface area contributed by atoms with Gasteiger partial charge in [0.25, 0.3) is 0 Å². The van der Waals surface area contributed by atoms with Crippen LogP contribution in [-0.2, 0) is 0 Å². The average Bonchev–Trinajstić information content (AvgIpc) is 2.42. The van der Waals surface area contributed by atoms with Crippen molar-refractivity contribution in [3.63, 3.8) is 0 Å². The van der Waals surface area contributed by atoms with E-state index in [2.05, 4.69) is 10.2 Å². The largest absolute Gasteiger partial charge is 0.314 e. The van der Waals surface area contributed by atoms with E-state index >= 15 is 0 Å². The summed E-state index contributed by atoms with van der Waals surface area (Å²) in [5.74, 6) is -0.212. The van der Waals surface area contributed by atoms with Crippen LogP contribution in [0.3, 0.4) is 0 Å². The third kappa shape index (κ3) is 3.61. The summed E-state index contributed by atoms with van der Waals surface area (Å²) >= 11 is 0. The van der Waals surface area contributed by atoms with Crippen LogP contribution in [0.15, 0.2) is 18.2 Å². The highest BCUT2D eigenvalue weighted by atomic mass is 19.1. The average molecular weight is 264 g/mol. The van der Waals surface area contributed by atoms with Gasteiger partial charge in [0.2, 0.25) is 0 Å². The van der Waals surface area contributed by atoms with Gasteiger partial charge in [-0.25, -0.2) is 4.39 Å². The number of nitrogens with zero attached hydrogens (tertiary/aromatic N) is 1. The number of halogens is 1. The van der Waals surface area contributed by atoms with Gasteiger partial charge in [0, 0.05) is 44.2 Å². The minimum atomic E-state index is -0.258. The Kier molecular flexibility index (Phi) is 4.66. The summed E-state index contributed by atoms with van der Waals surface area (Å²) in [6, 6.07) is 4.60. The number of hydrogen-bond acceptors (Lipinski definition) is 3. The van der Waals surface area contributed by atoms with Crippen molar-refractivity contribution >= 4 is 5.78 Å². The summed E-state index contributed by atoms with van der Waals surface area (Å²) in [7, 11) is 0. The van der Waals surface area contributed by atoms with Gasteiger partial charge in [-0.05, 0) is 30.7 Å². The lowest BCUT2D eigenvalue weighted by Crippen LogP contribution is -2.45.